The molecule has 3 rings (SSSR count). The van der Waals surface area contributed by atoms with Gasteiger partial charge in [-0.2, -0.15) is 0 Å². The van der Waals surface area contributed by atoms with Crippen LogP contribution >= 0.6 is 0 Å². The van der Waals surface area contributed by atoms with Crippen LogP contribution in [0.5, 0.6) is 0 Å². The van der Waals surface area contributed by atoms with Crippen LogP contribution in [-0.4, -0.2) is 36.4 Å². The van der Waals surface area contributed by atoms with E-state index in [-0.39, 0.29) is 24.8 Å². The van der Waals surface area contributed by atoms with Gasteiger partial charge in [0.2, 0.25) is 5.78 Å². The number of hydrogen-bond acceptors (Lipinski definition) is 3. The van der Waals surface area contributed by atoms with Crippen LogP contribution in [0.4, 0.5) is 5.69 Å². The first-order valence-electron chi connectivity index (χ1n) is 10.2. The predicted octanol–water partition coefficient (Wildman–Crippen LogP) is 2.70. The first-order chi connectivity index (χ1) is 14.3. The zero-order chi connectivity index (χ0) is 21.8. The maximum atomic E-state index is 12.9. The molecule has 6 heteroatoms. The molecule has 1 amide bonds. The molecule has 0 aliphatic heterocycles. The smallest absolute Gasteiger partial charge is 0.279 e. The summed E-state index contributed by atoms with van der Waals surface area (Å²) in [6.45, 7) is 9.02. The van der Waals surface area contributed by atoms with Crippen LogP contribution in [0.3, 0.4) is 0 Å². The standard InChI is InChI=1S/C24H29N3O3/c1-16-8-6-10-22(18(16)3)25-24(29)15-26(5)14-23(28)21-12-17(2)27(19(21)4)13-20-9-7-11-30-20/h6-12H,13-15H2,1-5H3,(H,25,29)/p+1. The van der Waals surface area contributed by atoms with Crippen LogP contribution in [0.2, 0.25) is 0 Å². The molecule has 0 radical (unpaired) electrons. The summed E-state index contributed by atoms with van der Waals surface area (Å²) in [5, 5.41) is 2.96. The Bertz CT molecular complexity index is 1050. The first-order valence-corrected chi connectivity index (χ1v) is 10.2. The summed E-state index contributed by atoms with van der Waals surface area (Å²) in [4.78, 5) is 26.2. The highest BCUT2D eigenvalue weighted by molar-refractivity contribution is 5.98. The average molecular weight is 409 g/mol. The number of carbonyl (C=O) groups excluding carboxylic acids is 2. The lowest BCUT2D eigenvalue weighted by molar-refractivity contribution is -0.861. The molecule has 0 aliphatic carbocycles. The molecule has 1 unspecified atom stereocenters. The van der Waals surface area contributed by atoms with E-state index in [0.717, 1.165) is 38.9 Å². The number of benzene rings is 1. The number of carbonyl (C=O) groups is 2. The number of aryl methyl sites for hydroxylation is 2. The Labute approximate surface area is 177 Å². The maximum absolute atomic E-state index is 12.9. The van der Waals surface area contributed by atoms with E-state index in [2.05, 4.69) is 9.88 Å². The molecule has 0 saturated carbocycles. The zero-order valence-electron chi connectivity index (χ0n) is 18.3. The predicted molar refractivity (Wildman–Crippen MR) is 117 cm³/mol. The molecule has 0 bridgehead atoms. The topological polar surface area (TPSA) is 68.7 Å². The molecule has 1 aromatic carbocycles. The van der Waals surface area contributed by atoms with Gasteiger partial charge in [0.25, 0.3) is 5.91 Å². The van der Waals surface area contributed by atoms with Gasteiger partial charge in [0.1, 0.15) is 12.3 Å². The van der Waals surface area contributed by atoms with Crippen molar-refractivity contribution in [2.24, 2.45) is 0 Å². The van der Waals surface area contributed by atoms with Gasteiger partial charge in [-0.1, -0.05) is 12.1 Å². The number of nitrogens with zero attached hydrogens (tertiary/aromatic N) is 1. The van der Waals surface area contributed by atoms with E-state index in [9.17, 15) is 9.59 Å². The second-order valence-corrected chi connectivity index (χ2v) is 7.98. The van der Waals surface area contributed by atoms with Crippen LogP contribution in [-0.2, 0) is 11.3 Å². The van der Waals surface area contributed by atoms with Gasteiger partial charge in [-0.15, -0.1) is 0 Å². The Kier molecular flexibility index (Phi) is 6.57. The van der Waals surface area contributed by atoms with Gasteiger partial charge in [-0.3, -0.25) is 9.59 Å². The second kappa shape index (κ2) is 9.13. The van der Waals surface area contributed by atoms with Crippen molar-refractivity contribution < 1.29 is 18.9 Å². The molecule has 0 aliphatic rings. The quantitative estimate of drug-likeness (QED) is 0.563. The van der Waals surface area contributed by atoms with E-state index < -0.39 is 0 Å². The molecule has 3 aromatic rings. The highest BCUT2D eigenvalue weighted by Gasteiger charge is 2.21. The normalized spacial score (nSPS) is 12.0. The van der Waals surface area contributed by atoms with Gasteiger partial charge >= 0.3 is 0 Å². The molecule has 2 aromatic heterocycles. The Hall–Kier alpha value is -3.12. The van der Waals surface area contributed by atoms with E-state index in [0.29, 0.717) is 12.1 Å². The fourth-order valence-corrected chi connectivity index (χ4v) is 3.67. The molecule has 30 heavy (non-hydrogen) atoms. The first kappa shape index (κ1) is 21.6. The average Bonchev–Trinajstić information content (AvgIpc) is 3.29. The minimum absolute atomic E-state index is 0.0332. The maximum Gasteiger partial charge on any atom is 0.279 e. The minimum atomic E-state index is -0.0997. The molecule has 2 N–H and O–H groups in total. The number of anilines is 1. The van der Waals surface area contributed by atoms with E-state index in [1.165, 1.54) is 0 Å². The Morgan fingerprint density at radius 1 is 1.07 bits per heavy atom. The number of Topliss-reactive ketones (excluding diaryl/α,β-unsaturated/α-hetero) is 1. The number of rotatable bonds is 8. The van der Waals surface area contributed by atoms with E-state index in [1.807, 2.05) is 71.1 Å². The van der Waals surface area contributed by atoms with Crippen molar-refractivity contribution in [3.05, 3.63) is 76.5 Å². The number of aromatic nitrogens is 1. The molecule has 0 fully saturated rings. The van der Waals surface area contributed by atoms with Crippen molar-refractivity contribution in [2.75, 3.05) is 25.5 Å². The fraction of sp³-hybridized carbons (Fsp3) is 0.333. The van der Waals surface area contributed by atoms with Crippen molar-refractivity contribution in [3.8, 4) is 0 Å². The van der Waals surface area contributed by atoms with Crippen LogP contribution in [0.1, 0.15) is 38.6 Å². The lowest BCUT2D eigenvalue weighted by Gasteiger charge is -2.15. The van der Waals surface area contributed by atoms with Crippen LogP contribution in [0.25, 0.3) is 0 Å². The van der Waals surface area contributed by atoms with Crippen molar-refractivity contribution >= 4 is 17.4 Å². The summed E-state index contributed by atoms with van der Waals surface area (Å²) in [5.41, 5.74) is 5.64. The molecule has 1 atom stereocenters. The summed E-state index contributed by atoms with van der Waals surface area (Å²) in [6, 6.07) is 11.5. The van der Waals surface area contributed by atoms with Gasteiger partial charge in [-0.25, -0.2) is 0 Å². The van der Waals surface area contributed by atoms with E-state index >= 15 is 0 Å². The lowest BCUT2D eigenvalue weighted by Crippen LogP contribution is -3.11. The van der Waals surface area contributed by atoms with Crippen molar-refractivity contribution in [1.29, 1.82) is 0 Å². The number of amides is 1. The summed E-state index contributed by atoms with van der Waals surface area (Å²) in [5.74, 6) is 0.782. The third-order valence-corrected chi connectivity index (χ3v) is 5.57. The van der Waals surface area contributed by atoms with E-state index in [1.54, 1.807) is 6.26 Å². The van der Waals surface area contributed by atoms with Crippen molar-refractivity contribution in [2.45, 2.75) is 34.2 Å². The lowest BCUT2D eigenvalue weighted by atomic mass is 10.1. The largest absolute Gasteiger partial charge is 0.467 e. The number of furan rings is 1. The number of hydrogen-bond donors (Lipinski definition) is 2. The summed E-state index contributed by atoms with van der Waals surface area (Å²) in [6.07, 6.45) is 1.65. The van der Waals surface area contributed by atoms with Gasteiger partial charge in [-0.05, 0) is 63.1 Å². The van der Waals surface area contributed by atoms with Crippen molar-refractivity contribution in [1.82, 2.24) is 4.57 Å². The summed E-state index contributed by atoms with van der Waals surface area (Å²) >= 11 is 0. The third-order valence-electron chi connectivity index (χ3n) is 5.57. The molecule has 158 valence electrons. The Morgan fingerprint density at radius 3 is 2.53 bits per heavy atom. The van der Waals surface area contributed by atoms with Gasteiger partial charge in [0, 0.05) is 22.6 Å². The van der Waals surface area contributed by atoms with Crippen LogP contribution < -0.4 is 10.2 Å². The molecule has 0 saturated heterocycles. The van der Waals surface area contributed by atoms with Crippen molar-refractivity contribution in [3.63, 3.8) is 0 Å². The van der Waals surface area contributed by atoms with Gasteiger partial charge in [0.05, 0.1) is 19.9 Å². The number of nitrogens with one attached hydrogen (secondary N) is 2. The molecular weight excluding hydrogens is 378 g/mol. The number of ketones is 1. The monoisotopic (exact) mass is 408 g/mol. The SMILES string of the molecule is Cc1cccc(NC(=O)C[NH+](C)CC(=O)c2cc(C)n(Cc3ccco3)c2C)c1C. The van der Waals surface area contributed by atoms with E-state index in [4.69, 9.17) is 4.42 Å². The Balaban J connectivity index is 1.61. The number of likely N-dealkylation sites (N-methyl/N-ethyl adjacent to an activating group) is 1. The van der Waals surface area contributed by atoms with Gasteiger partial charge in [0.15, 0.2) is 6.54 Å². The van der Waals surface area contributed by atoms with Gasteiger partial charge < -0.3 is 19.2 Å². The van der Waals surface area contributed by atoms with Crippen LogP contribution in [0.15, 0.2) is 47.1 Å². The number of quaternary nitrogens is 1. The fourth-order valence-electron chi connectivity index (χ4n) is 3.67. The zero-order valence-corrected chi connectivity index (χ0v) is 18.3. The molecule has 0 spiro atoms. The molecule has 2 heterocycles. The molecule has 6 nitrogen and oxygen atoms in total. The Morgan fingerprint density at radius 2 is 1.83 bits per heavy atom. The molecular formula is C24H30N3O3+. The van der Waals surface area contributed by atoms with Crippen LogP contribution in [0, 0.1) is 27.7 Å². The highest BCUT2D eigenvalue weighted by Crippen LogP contribution is 2.18. The minimum Gasteiger partial charge on any atom is -0.467 e. The summed E-state index contributed by atoms with van der Waals surface area (Å²) < 4.78 is 7.51. The third kappa shape index (κ3) is 4.89. The second-order valence-electron chi connectivity index (χ2n) is 7.98. The highest BCUT2D eigenvalue weighted by atomic mass is 16.3. The summed E-state index contributed by atoms with van der Waals surface area (Å²) in [7, 11) is 1.86.